The molecule has 1 aromatic carbocycles. The lowest BCUT2D eigenvalue weighted by Gasteiger charge is -2.39. The van der Waals surface area contributed by atoms with Crippen molar-refractivity contribution in [3.05, 3.63) is 29.6 Å². The normalized spacial score (nSPS) is 27.8. The Hall–Kier alpha value is -1.41. The molecular formula is C22H29F5O3. The molecule has 0 spiro atoms. The first kappa shape index (κ1) is 23.3. The van der Waals surface area contributed by atoms with Crippen molar-refractivity contribution in [2.24, 2.45) is 17.8 Å². The van der Waals surface area contributed by atoms with E-state index < -0.39 is 35.2 Å². The van der Waals surface area contributed by atoms with Gasteiger partial charge in [-0.2, -0.15) is 8.78 Å². The van der Waals surface area contributed by atoms with Crippen LogP contribution in [0.1, 0.15) is 58.3 Å². The zero-order valence-electron chi connectivity index (χ0n) is 17.1. The summed E-state index contributed by atoms with van der Waals surface area (Å²) in [7, 11) is 0. The van der Waals surface area contributed by atoms with Crippen molar-refractivity contribution < 1.29 is 36.2 Å². The van der Waals surface area contributed by atoms with Gasteiger partial charge < -0.3 is 14.2 Å². The molecular weight excluding hydrogens is 407 g/mol. The first-order chi connectivity index (χ1) is 14.3. The summed E-state index contributed by atoms with van der Waals surface area (Å²) in [6.07, 6.45) is 1.92. The van der Waals surface area contributed by atoms with E-state index in [2.05, 4.69) is 11.7 Å². The van der Waals surface area contributed by atoms with Gasteiger partial charge in [-0.25, -0.2) is 13.2 Å². The van der Waals surface area contributed by atoms with Crippen molar-refractivity contribution in [3.63, 3.8) is 0 Å². The maximum atomic E-state index is 14.5. The average molecular weight is 436 g/mol. The van der Waals surface area contributed by atoms with E-state index in [4.69, 9.17) is 9.47 Å². The van der Waals surface area contributed by atoms with E-state index >= 15 is 0 Å². The molecule has 2 aliphatic rings. The highest BCUT2D eigenvalue weighted by atomic mass is 19.3. The van der Waals surface area contributed by atoms with Gasteiger partial charge in [-0.15, -0.1) is 0 Å². The molecule has 2 fully saturated rings. The van der Waals surface area contributed by atoms with Crippen molar-refractivity contribution in [3.8, 4) is 5.75 Å². The van der Waals surface area contributed by atoms with Gasteiger partial charge in [0.2, 0.25) is 0 Å². The first-order valence-corrected chi connectivity index (χ1v) is 10.7. The molecule has 0 radical (unpaired) electrons. The smallest absolute Gasteiger partial charge is 0.400 e. The first-order valence-electron chi connectivity index (χ1n) is 10.7. The molecule has 0 bridgehead atoms. The molecule has 1 saturated heterocycles. The molecule has 0 atom stereocenters. The number of ether oxygens (including phenoxy) is 3. The second-order valence-corrected chi connectivity index (χ2v) is 8.37. The second-order valence-electron chi connectivity index (χ2n) is 8.37. The maximum Gasteiger partial charge on any atom is 0.400 e. The Balaban J connectivity index is 1.47. The van der Waals surface area contributed by atoms with Crippen molar-refractivity contribution in [2.45, 2.75) is 70.7 Å². The summed E-state index contributed by atoms with van der Waals surface area (Å²) in [4.78, 5) is 0. The van der Waals surface area contributed by atoms with Crippen molar-refractivity contribution in [1.29, 1.82) is 0 Å². The van der Waals surface area contributed by atoms with Crippen molar-refractivity contribution in [2.75, 3.05) is 13.2 Å². The molecule has 3 nitrogen and oxygen atoms in total. The Morgan fingerprint density at radius 3 is 2.13 bits per heavy atom. The number of unbranched alkanes of at least 4 members (excludes halogenated alkanes) is 2. The van der Waals surface area contributed by atoms with E-state index in [0.717, 1.165) is 12.8 Å². The third-order valence-electron chi connectivity index (χ3n) is 6.05. The molecule has 1 aliphatic carbocycles. The monoisotopic (exact) mass is 436 g/mol. The zero-order chi connectivity index (χ0) is 21.7. The quantitative estimate of drug-likeness (QED) is 0.266. The fourth-order valence-electron chi connectivity index (χ4n) is 4.24. The van der Waals surface area contributed by atoms with Gasteiger partial charge in [0.05, 0.1) is 19.1 Å². The summed E-state index contributed by atoms with van der Waals surface area (Å²) in [5.74, 6) is -6.26. The van der Waals surface area contributed by atoms with Crippen molar-refractivity contribution >= 4 is 0 Å². The molecule has 3 rings (SSSR count). The topological polar surface area (TPSA) is 27.7 Å². The van der Waals surface area contributed by atoms with Crippen LogP contribution in [0.4, 0.5) is 22.0 Å². The predicted molar refractivity (Wildman–Crippen MR) is 101 cm³/mol. The van der Waals surface area contributed by atoms with E-state index in [-0.39, 0.29) is 25.0 Å². The van der Waals surface area contributed by atoms with Crippen molar-refractivity contribution in [1.82, 2.24) is 0 Å². The molecule has 1 aromatic rings. The average Bonchev–Trinajstić information content (AvgIpc) is 2.72. The Bertz CT molecular complexity index is 660. The third-order valence-corrected chi connectivity index (χ3v) is 6.05. The van der Waals surface area contributed by atoms with E-state index in [9.17, 15) is 22.0 Å². The summed E-state index contributed by atoms with van der Waals surface area (Å²) in [6, 6.07) is 0.858. The fourth-order valence-corrected chi connectivity index (χ4v) is 4.24. The second kappa shape index (κ2) is 10.3. The van der Waals surface area contributed by atoms with Gasteiger partial charge in [0.25, 0.3) is 0 Å². The molecule has 170 valence electrons. The molecule has 0 aromatic heterocycles. The Morgan fingerprint density at radius 2 is 1.57 bits per heavy atom. The highest BCUT2D eigenvalue weighted by Gasteiger charge is 2.45. The lowest BCUT2D eigenvalue weighted by Crippen LogP contribution is -2.42. The highest BCUT2D eigenvalue weighted by molar-refractivity contribution is 5.25. The molecule has 0 N–H and O–H groups in total. The lowest BCUT2D eigenvalue weighted by atomic mass is 9.80. The number of rotatable bonds is 8. The minimum Gasteiger partial charge on any atom is -0.432 e. The molecule has 0 amide bonds. The zero-order valence-corrected chi connectivity index (χ0v) is 17.1. The van der Waals surface area contributed by atoms with Gasteiger partial charge in [0, 0.05) is 24.0 Å². The minimum atomic E-state index is -3.61. The fraction of sp³-hybridized carbons (Fsp3) is 0.727. The van der Waals surface area contributed by atoms with Gasteiger partial charge in [-0.05, 0) is 32.1 Å². The van der Waals surface area contributed by atoms with Crippen LogP contribution < -0.4 is 4.74 Å². The van der Waals surface area contributed by atoms with Crippen LogP contribution in [0.15, 0.2) is 12.1 Å². The summed E-state index contributed by atoms with van der Waals surface area (Å²) in [6.45, 7) is 3.43. The van der Waals surface area contributed by atoms with Crippen LogP contribution in [-0.4, -0.2) is 25.6 Å². The third kappa shape index (κ3) is 5.84. The number of benzene rings is 1. The number of hydrogen-bond acceptors (Lipinski definition) is 3. The van der Waals surface area contributed by atoms with Gasteiger partial charge in [-0.3, -0.25) is 0 Å². The lowest BCUT2D eigenvalue weighted by molar-refractivity contribution is -0.248. The molecule has 8 heteroatoms. The minimum absolute atomic E-state index is 0.0364. The van der Waals surface area contributed by atoms with Crippen LogP contribution in [0.25, 0.3) is 0 Å². The van der Waals surface area contributed by atoms with E-state index in [0.29, 0.717) is 44.1 Å². The van der Waals surface area contributed by atoms with E-state index in [1.165, 1.54) is 12.8 Å². The van der Waals surface area contributed by atoms with E-state index in [1.807, 2.05) is 0 Å². The Kier molecular flexibility index (Phi) is 7.96. The standard InChI is InChI=1S/C22H29F5O3/c1-2-3-4-5-14-12-28-21(29-13-14)15-6-8-16(9-7-15)22(26,27)30-17-10-18(23)20(25)19(24)11-17/h10-11,14-16,21H,2-9,12-13H2,1H3. The molecule has 30 heavy (non-hydrogen) atoms. The summed E-state index contributed by atoms with van der Waals surface area (Å²) in [5, 5.41) is 0. The summed E-state index contributed by atoms with van der Waals surface area (Å²) < 4.78 is 84.8. The summed E-state index contributed by atoms with van der Waals surface area (Å²) >= 11 is 0. The maximum absolute atomic E-state index is 14.5. The predicted octanol–water partition coefficient (Wildman–Crippen LogP) is 6.45. The van der Waals surface area contributed by atoms with Crippen LogP contribution in [0.3, 0.4) is 0 Å². The van der Waals surface area contributed by atoms with Gasteiger partial charge in [0.1, 0.15) is 5.75 Å². The molecule has 1 saturated carbocycles. The van der Waals surface area contributed by atoms with Gasteiger partial charge in [-0.1, -0.05) is 26.2 Å². The Labute approximate surface area is 173 Å². The van der Waals surface area contributed by atoms with Gasteiger partial charge in [0.15, 0.2) is 23.7 Å². The van der Waals surface area contributed by atoms with Crippen LogP contribution in [0.5, 0.6) is 5.75 Å². The SMILES string of the molecule is CCCCCC1COC(C2CCC(C(F)(F)Oc3cc(F)c(F)c(F)c3)CC2)OC1. The highest BCUT2D eigenvalue weighted by Crippen LogP contribution is 2.42. The largest absolute Gasteiger partial charge is 0.432 e. The molecule has 1 aliphatic heterocycles. The molecule has 1 heterocycles. The van der Waals surface area contributed by atoms with Crippen LogP contribution >= 0.6 is 0 Å². The molecule has 0 unspecified atom stereocenters. The summed E-state index contributed by atoms with van der Waals surface area (Å²) in [5.41, 5.74) is 0. The van der Waals surface area contributed by atoms with Crippen LogP contribution in [-0.2, 0) is 9.47 Å². The van der Waals surface area contributed by atoms with Crippen LogP contribution in [0, 0.1) is 35.2 Å². The number of hydrogen-bond donors (Lipinski definition) is 0. The van der Waals surface area contributed by atoms with Crippen LogP contribution in [0.2, 0.25) is 0 Å². The Morgan fingerprint density at radius 1 is 0.967 bits per heavy atom. The van der Waals surface area contributed by atoms with Gasteiger partial charge >= 0.3 is 6.11 Å². The van der Waals surface area contributed by atoms with E-state index in [1.54, 1.807) is 0 Å². The number of halogens is 5. The number of alkyl halides is 2.